The van der Waals surface area contributed by atoms with Gasteiger partial charge in [-0.2, -0.15) is 0 Å². The molecule has 0 aromatic rings. The monoisotopic (exact) mass is 198 g/mol. The Morgan fingerprint density at radius 1 is 1.36 bits per heavy atom. The summed E-state index contributed by atoms with van der Waals surface area (Å²) in [6.45, 7) is 0. The summed E-state index contributed by atoms with van der Waals surface area (Å²) in [5, 5.41) is 2.58. The van der Waals surface area contributed by atoms with Crippen molar-refractivity contribution >= 4 is 12.4 Å². The summed E-state index contributed by atoms with van der Waals surface area (Å²) in [5.41, 5.74) is 0. The minimum absolute atomic E-state index is 0.0950. The van der Waals surface area contributed by atoms with E-state index in [1.165, 1.54) is 7.11 Å². The Bertz CT molecular complexity index is 206. The van der Waals surface area contributed by atoms with Crippen LogP contribution in [0.5, 0.6) is 0 Å². The lowest BCUT2D eigenvalue weighted by Gasteiger charge is -2.21. The normalized spacial score (nSPS) is 27.5. The number of rotatable bonds is 3. The molecular formula is C10H16NO3. The van der Waals surface area contributed by atoms with E-state index < -0.39 is 0 Å². The van der Waals surface area contributed by atoms with Crippen LogP contribution in [-0.4, -0.2) is 25.5 Å². The molecule has 2 atom stereocenters. The van der Waals surface area contributed by atoms with Gasteiger partial charge in [0.05, 0.1) is 13.0 Å². The number of carbonyl (C=O) groups excluding carboxylic acids is 2. The van der Waals surface area contributed by atoms with Crippen molar-refractivity contribution in [2.75, 3.05) is 7.11 Å². The average Bonchev–Trinajstić information content (AvgIpc) is 2.43. The third kappa shape index (κ3) is 2.72. The van der Waals surface area contributed by atoms with Gasteiger partial charge < -0.3 is 10.1 Å². The molecule has 0 aromatic carbocycles. The lowest BCUT2D eigenvalue weighted by molar-refractivity contribution is -0.146. The van der Waals surface area contributed by atoms with Gasteiger partial charge in [-0.05, 0) is 12.8 Å². The molecule has 1 N–H and O–H groups in total. The standard InChI is InChI=1S/C10H16NO3/c1-14-10(13)8-5-3-2-4-6-9(8)11-7-12/h8-9H,2-6H2,1H3,(H,11,12). The zero-order valence-corrected chi connectivity index (χ0v) is 8.41. The maximum Gasteiger partial charge on any atom is 0.310 e. The number of hydrogen-bond donors (Lipinski definition) is 1. The molecule has 0 aromatic heterocycles. The number of amides is 1. The van der Waals surface area contributed by atoms with Crippen LogP contribution in [0.15, 0.2) is 0 Å². The number of methoxy groups -OCH3 is 1. The summed E-state index contributed by atoms with van der Waals surface area (Å²) in [5.74, 6) is -0.413. The molecule has 0 saturated heterocycles. The van der Waals surface area contributed by atoms with Gasteiger partial charge in [0.15, 0.2) is 0 Å². The molecule has 1 saturated carbocycles. The Balaban J connectivity index is 2.62. The summed E-state index contributed by atoms with van der Waals surface area (Å²) in [7, 11) is 1.38. The van der Waals surface area contributed by atoms with E-state index in [9.17, 15) is 9.59 Å². The van der Waals surface area contributed by atoms with E-state index in [0.717, 1.165) is 32.1 Å². The number of nitrogens with one attached hydrogen (secondary N) is 1. The second-order valence-corrected chi connectivity index (χ2v) is 3.62. The summed E-state index contributed by atoms with van der Waals surface area (Å²) < 4.78 is 4.71. The highest BCUT2D eigenvalue weighted by molar-refractivity contribution is 5.73. The van der Waals surface area contributed by atoms with E-state index in [0.29, 0.717) is 0 Å². The van der Waals surface area contributed by atoms with Crippen LogP contribution in [0.2, 0.25) is 0 Å². The van der Waals surface area contributed by atoms with E-state index in [2.05, 4.69) is 5.32 Å². The summed E-state index contributed by atoms with van der Waals surface area (Å²) in [6, 6.07) is -0.0950. The van der Waals surface area contributed by atoms with Crippen molar-refractivity contribution in [2.45, 2.75) is 38.1 Å². The second kappa shape index (κ2) is 5.62. The van der Waals surface area contributed by atoms with Crippen LogP contribution in [0.1, 0.15) is 32.1 Å². The highest BCUT2D eigenvalue weighted by Gasteiger charge is 2.30. The second-order valence-electron chi connectivity index (χ2n) is 3.62. The topological polar surface area (TPSA) is 55.4 Å². The van der Waals surface area contributed by atoms with Gasteiger partial charge in [0.2, 0.25) is 0 Å². The molecule has 0 bridgehead atoms. The average molecular weight is 198 g/mol. The first kappa shape index (κ1) is 11.0. The molecule has 0 heterocycles. The quantitative estimate of drug-likeness (QED) is 0.414. The molecule has 4 heteroatoms. The van der Waals surface area contributed by atoms with Crippen LogP contribution in [0.25, 0.3) is 0 Å². The van der Waals surface area contributed by atoms with Crippen LogP contribution >= 0.6 is 0 Å². The van der Waals surface area contributed by atoms with E-state index in [4.69, 9.17) is 4.74 Å². The summed E-state index contributed by atoms with van der Waals surface area (Å²) in [4.78, 5) is 21.7. The number of hydrogen-bond acceptors (Lipinski definition) is 3. The van der Waals surface area contributed by atoms with Gasteiger partial charge in [-0.3, -0.25) is 9.59 Å². The zero-order chi connectivity index (χ0) is 10.4. The van der Waals surface area contributed by atoms with Crippen LogP contribution in [0.4, 0.5) is 0 Å². The Morgan fingerprint density at radius 3 is 2.71 bits per heavy atom. The highest BCUT2D eigenvalue weighted by Crippen LogP contribution is 2.24. The minimum atomic E-state index is -0.223. The van der Waals surface area contributed by atoms with Gasteiger partial charge in [0, 0.05) is 6.04 Å². The Morgan fingerprint density at radius 2 is 2.07 bits per heavy atom. The van der Waals surface area contributed by atoms with Gasteiger partial charge >= 0.3 is 12.4 Å². The van der Waals surface area contributed by atoms with Crippen molar-refractivity contribution < 1.29 is 14.3 Å². The van der Waals surface area contributed by atoms with Crippen LogP contribution in [0, 0.1) is 5.92 Å². The van der Waals surface area contributed by atoms with E-state index >= 15 is 0 Å². The molecular weight excluding hydrogens is 182 g/mol. The largest absolute Gasteiger partial charge is 0.469 e. The lowest BCUT2D eigenvalue weighted by Crippen LogP contribution is -2.39. The van der Waals surface area contributed by atoms with Crippen molar-refractivity contribution in [1.82, 2.24) is 5.32 Å². The molecule has 2 unspecified atom stereocenters. The molecule has 1 radical (unpaired) electrons. The minimum Gasteiger partial charge on any atom is -0.469 e. The molecule has 1 aliphatic carbocycles. The van der Waals surface area contributed by atoms with Crippen molar-refractivity contribution in [3.8, 4) is 0 Å². The summed E-state index contributed by atoms with van der Waals surface area (Å²) >= 11 is 0. The molecule has 14 heavy (non-hydrogen) atoms. The van der Waals surface area contributed by atoms with Crippen molar-refractivity contribution in [2.24, 2.45) is 5.92 Å². The van der Waals surface area contributed by atoms with Gasteiger partial charge in [-0.1, -0.05) is 19.3 Å². The van der Waals surface area contributed by atoms with Crippen LogP contribution in [0.3, 0.4) is 0 Å². The molecule has 4 nitrogen and oxygen atoms in total. The number of esters is 1. The van der Waals surface area contributed by atoms with Gasteiger partial charge in [0.25, 0.3) is 0 Å². The van der Waals surface area contributed by atoms with Gasteiger partial charge in [-0.25, -0.2) is 0 Å². The third-order valence-corrected chi connectivity index (χ3v) is 2.76. The maximum atomic E-state index is 11.4. The maximum absolute atomic E-state index is 11.4. The van der Waals surface area contributed by atoms with Crippen molar-refractivity contribution in [3.63, 3.8) is 0 Å². The van der Waals surface area contributed by atoms with Crippen LogP contribution < -0.4 is 5.32 Å². The van der Waals surface area contributed by atoms with E-state index in [1.54, 1.807) is 6.41 Å². The van der Waals surface area contributed by atoms with E-state index in [1.807, 2.05) is 0 Å². The Kier molecular flexibility index (Phi) is 4.43. The first-order chi connectivity index (χ1) is 6.79. The van der Waals surface area contributed by atoms with Crippen molar-refractivity contribution in [3.05, 3.63) is 0 Å². The van der Waals surface area contributed by atoms with Crippen LogP contribution in [-0.2, 0) is 14.3 Å². The molecule has 0 spiro atoms. The highest BCUT2D eigenvalue weighted by atomic mass is 16.5. The molecule has 0 aliphatic heterocycles. The predicted molar refractivity (Wildman–Crippen MR) is 51.2 cm³/mol. The number of carbonyl (C=O) groups is 1. The smallest absolute Gasteiger partial charge is 0.310 e. The van der Waals surface area contributed by atoms with Crippen molar-refractivity contribution in [1.29, 1.82) is 0 Å². The fraction of sp³-hybridized carbons (Fsp3) is 0.800. The summed E-state index contributed by atoms with van der Waals surface area (Å²) in [6.07, 6.45) is 6.49. The fourth-order valence-electron chi connectivity index (χ4n) is 1.99. The molecule has 1 fully saturated rings. The van der Waals surface area contributed by atoms with Gasteiger partial charge in [0.1, 0.15) is 0 Å². The molecule has 1 aliphatic rings. The third-order valence-electron chi connectivity index (χ3n) is 2.76. The fourth-order valence-corrected chi connectivity index (χ4v) is 1.99. The molecule has 1 amide bonds. The molecule has 1 rings (SSSR count). The van der Waals surface area contributed by atoms with E-state index in [-0.39, 0.29) is 17.9 Å². The first-order valence-corrected chi connectivity index (χ1v) is 5.00. The Hall–Kier alpha value is -1.06. The SMILES string of the molecule is COC(=O)C1CCCCCC1N[C]=O. The predicted octanol–water partition coefficient (Wildman–Crippen LogP) is 0.765. The molecule has 79 valence electrons. The first-order valence-electron chi connectivity index (χ1n) is 5.00. The lowest BCUT2D eigenvalue weighted by atomic mass is 9.95. The zero-order valence-electron chi connectivity index (χ0n) is 8.41. The number of ether oxygens (including phenoxy) is 1. The van der Waals surface area contributed by atoms with Gasteiger partial charge in [-0.15, -0.1) is 0 Å². The Labute approximate surface area is 84.0 Å².